The van der Waals surface area contributed by atoms with Gasteiger partial charge in [-0.15, -0.1) is 0 Å². The molecule has 1 saturated heterocycles. The highest BCUT2D eigenvalue weighted by atomic mass is 79.9. The third-order valence-corrected chi connectivity index (χ3v) is 5.84. The molecule has 4 heterocycles. The number of nitrogens with zero attached hydrogens (tertiary/aromatic N) is 7. The summed E-state index contributed by atoms with van der Waals surface area (Å²) in [4.78, 5) is 22.1. The Hall–Kier alpha value is -2.72. The van der Waals surface area contributed by atoms with Crippen molar-refractivity contribution in [2.45, 2.75) is 13.5 Å². The average molecular weight is 456 g/mol. The Morgan fingerprint density at radius 3 is 2.76 bits per heavy atom. The molecular weight excluding hydrogens is 434 g/mol. The maximum atomic E-state index is 4.77. The molecule has 1 fully saturated rings. The summed E-state index contributed by atoms with van der Waals surface area (Å²) < 4.78 is 2.56. The lowest BCUT2D eigenvalue weighted by atomic mass is 10.2. The number of fused-ring (bicyclic) bond motifs is 2. The lowest BCUT2D eigenvalue weighted by Crippen LogP contribution is -2.45. The van der Waals surface area contributed by atoms with E-state index in [-0.39, 0.29) is 0 Å². The van der Waals surface area contributed by atoms with Crippen LogP contribution in [0, 0.1) is 6.92 Å². The first-order chi connectivity index (χ1) is 14.1. The Bertz CT molecular complexity index is 1170. The molecule has 10 heteroatoms. The first-order valence-electron chi connectivity index (χ1n) is 9.61. The first-order valence-corrected chi connectivity index (χ1v) is 10.4. The molecule has 4 aromatic rings. The Kier molecular flexibility index (Phi) is 4.59. The molecule has 5 rings (SSSR count). The number of nitrogens with one attached hydrogen (secondary N) is 2. The summed E-state index contributed by atoms with van der Waals surface area (Å²) in [6.07, 6.45) is 1.74. The summed E-state index contributed by atoms with van der Waals surface area (Å²) in [6, 6.07) is 6.14. The third-order valence-electron chi connectivity index (χ3n) is 5.28. The normalized spacial score (nSPS) is 15.5. The number of imidazole rings is 1. The standard InChI is InChI=1S/C19H22BrN9/c1-12-4-3-5-14-16(12)24-15(23-14)11-21-18-26-19(28-8-6-27(2)7-9-28)25-17-13(20)10-22-29(17)18/h3-5,10H,6-9,11H2,1-2H3,(H,23,24)(H,21,25,26). The second kappa shape index (κ2) is 7.27. The number of aryl methyl sites for hydroxylation is 1. The summed E-state index contributed by atoms with van der Waals surface area (Å²) in [5, 5.41) is 7.79. The molecule has 0 spiro atoms. The van der Waals surface area contributed by atoms with E-state index in [2.05, 4.69) is 61.2 Å². The van der Waals surface area contributed by atoms with Crippen LogP contribution >= 0.6 is 15.9 Å². The van der Waals surface area contributed by atoms with Crippen molar-refractivity contribution in [1.29, 1.82) is 0 Å². The summed E-state index contributed by atoms with van der Waals surface area (Å²) in [7, 11) is 2.14. The maximum absolute atomic E-state index is 4.77. The number of benzene rings is 1. The molecule has 0 atom stereocenters. The van der Waals surface area contributed by atoms with Crippen molar-refractivity contribution in [1.82, 2.24) is 34.4 Å². The van der Waals surface area contributed by atoms with Crippen LogP contribution in [0.3, 0.4) is 0 Å². The molecule has 0 bridgehead atoms. The summed E-state index contributed by atoms with van der Waals surface area (Å²) in [5.74, 6) is 2.22. The number of piperazine rings is 1. The molecule has 0 saturated carbocycles. The molecule has 1 aromatic carbocycles. The van der Waals surface area contributed by atoms with Gasteiger partial charge >= 0.3 is 0 Å². The minimum Gasteiger partial charge on any atom is -0.347 e. The van der Waals surface area contributed by atoms with Crippen molar-refractivity contribution in [3.63, 3.8) is 0 Å². The van der Waals surface area contributed by atoms with E-state index in [4.69, 9.17) is 15.0 Å². The molecule has 9 nitrogen and oxygen atoms in total. The van der Waals surface area contributed by atoms with Gasteiger partial charge in [-0.1, -0.05) is 12.1 Å². The zero-order chi connectivity index (χ0) is 20.0. The Morgan fingerprint density at radius 2 is 1.97 bits per heavy atom. The second-order valence-electron chi connectivity index (χ2n) is 7.37. The van der Waals surface area contributed by atoms with E-state index in [0.717, 1.165) is 64.7 Å². The molecule has 0 amide bonds. The topological polar surface area (TPSA) is 90.3 Å². The van der Waals surface area contributed by atoms with Crippen LogP contribution in [0.25, 0.3) is 16.7 Å². The lowest BCUT2D eigenvalue weighted by molar-refractivity contribution is 0.311. The summed E-state index contributed by atoms with van der Waals surface area (Å²) in [5.41, 5.74) is 3.94. The van der Waals surface area contributed by atoms with E-state index in [1.54, 1.807) is 10.7 Å². The highest BCUT2D eigenvalue weighted by molar-refractivity contribution is 9.10. The van der Waals surface area contributed by atoms with Gasteiger partial charge in [0.25, 0.3) is 0 Å². The fraction of sp³-hybridized carbons (Fsp3) is 0.368. The average Bonchev–Trinajstić information content (AvgIpc) is 3.31. The van der Waals surface area contributed by atoms with Gasteiger partial charge in [0.15, 0.2) is 5.65 Å². The first kappa shape index (κ1) is 18.3. The SMILES string of the molecule is Cc1cccc2[nH]c(CNc3nc(N4CCN(C)CC4)nc4c(Br)cnn34)nc12. The number of H-pyrrole nitrogens is 1. The van der Waals surface area contributed by atoms with E-state index in [0.29, 0.717) is 12.5 Å². The Morgan fingerprint density at radius 1 is 1.14 bits per heavy atom. The number of aromatic amines is 1. The molecule has 2 N–H and O–H groups in total. The van der Waals surface area contributed by atoms with Gasteiger partial charge in [0.1, 0.15) is 5.82 Å². The molecule has 1 aliphatic rings. The number of hydrogen-bond acceptors (Lipinski definition) is 7. The molecule has 0 aliphatic carbocycles. The van der Waals surface area contributed by atoms with Gasteiger partial charge in [-0.25, -0.2) is 4.98 Å². The number of likely N-dealkylation sites (N-methyl/N-ethyl adjacent to an activating group) is 1. The van der Waals surface area contributed by atoms with Crippen molar-refractivity contribution in [3.8, 4) is 0 Å². The van der Waals surface area contributed by atoms with Crippen molar-refractivity contribution < 1.29 is 0 Å². The predicted octanol–water partition coefficient (Wildman–Crippen LogP) is 2.44. The third kappa shape index (κ3) is 3.42. The number of aromatic nitrogens is 6. The van der Waals surface area contributed by atoms with Crippen molar-refractivity contribution in [2.24, 2.45) is 0 Å². The fourth-order valence-electron chi connectivity index (χ4n) is 3.57. The van der Waals surface area contributed by atoms with Gasteiger partial charge in [0, 0.05) is 26.2 Å². The van der Waals surface area contributed by atoms with Crippen LogP contribution in [0.4, 0.5) is 11.9 Å². The zero-order valence-electron chi connectivity index (χ0n) is 16.4. The van der Waals surface area contributed by atoms with Gasteiger partial charge in [0.2, 0.25) is 11.9 Å². The minimum atomic E-state index is 0.514. The quantitative estimate of drug-likeness (QED) is 0.488. The number of rotatable bonds is 4. The van der Waals surface area contributed by atoms with Crippen LogP contribution in [0.2, 0.25) is 0 Å². The largest absolute Gasteiger partial charge is 0.347 e. The lowest BCUT2D eigenvalue weighted by Gasteiger charge is -2.32. The van der Waals surface area contributed by atoms with E-state index < -0.39 is 0 Å². The van der Waals surface area contributed by atoms with Crippen LogP contribution < -0.4 is 10.2 Å². The van der Waals surface area contributed by atoms with Gasteiger partial charge in [-0.05, 0) is 41.5 Å². The Balaban J connectivity index is 1.45. The van der Waals surface area contributed by atoms with Crippen LogP contribution in [0.15, 0.2) is 28.9 Å². The van der Waals surface area contributed by atoms with Crippen LogP contribution in [-0.4, -0.2) is 67.7 Å². The fourth-order valence-corrected chi connectivity index (χ4v) is 3.92. The molecule has 3 aromatic heterocycles. The highest BCUT2D eigenvalue weighted by Crippen LogP contribution is 2.23. The van der Waals surface area contributed by atoms with E-state index >= 15 is 0 Å². The summed E-state index contributed by atoms with van der Waals surface area (Å²) >= 11 is 3.55. The van der Waals surface area contributed by atoms with Gasteiger partial charge < -0.3 is 20.1 Å². The van der Waals surface area contributed by atoms with E-state index in [9.17, 15) is 0 Å². The van der Waals surface area contributed by atoms with Gasteiger partial charge in [-0.3, -0.25) is 0 Å². The predicted molar refractivity (Wildman–Crippen MR) is 116 cm³/mol. The number of hydrogen-bond donors (Lipinski definition) is 2. The smallest absolute Gasteiger partial charge is 0.230 e. The molecule has 0 radical (unpaired) electrons. The van der Waals surface area contributed by atoms with Crippen LogP contribution in [0.5, 0.6) is 0 Å². The molecular formula is C19H22BrN9. The van der Waals surface area contributed by atoms with E-state index in [1.165, 1.54) is 0 Å². The van der Waals surface area contributed by atoms with Crippen molar-refractivity contribution in [2.75, 3.05) is 43.4 Å². The highest BCUT2D eigenvalue weighted by Gasteiger charge is 2.20. The molecule has 29 heavy (non-hydrogen) atoms. The second-order valence-corrected chi connectivity index (χ2v) is 8.23. The minimum absolute atomic E-state index is 0.514. The van der Waals surface area contributed by atoms with Crippen molar-refractivity contribution >= 4 is 44.5 Å². The zero-order valence-corrected chi connectivity index (χ0v) is 17.9. The number of halogens is 1. The van der Waals surface area contributed by atoms with Gasteiger partial charge in [0.05, 0.1) is 28.2 Å². The number of para-hydroxylation sites is 1. The van der Waals surface area contributed by atoms with Crippen molar-refractivity contribution in [3.05, 3.63) is 40.3 Å². The Labute approximate surface area is 176 Å². The molecule has 150 valence electrons. The van der Waals surface area contributed by atoms with Crippen LogP contribution in [-0.2, 0) is 6.54 Å². The molecule has 1 aliphatic heterocycles. The van der Waals surface area contributed by atoms with E-state index in [1.807, 2.05) is 12.1 Å². The van der Waals surface area contributed by atoms with Crippen LogP contribution in [0.1, 0.15) is 11.4 Å². The summed E-state index contributed by atoms with van der Waals surface area (Å²) in [6.45, 7) is 6.38. The monoisotopic (exact) mass is 455 g/mol. The molecule has 0 unspecified atom stereocenters. The number of anilines is 2. The van der Waals surface area contributed by atoms with Gasteiger partial charge in [-0.2, -0.15) is 19.6 Å². The maximum Gasteiger partial charge on any atom is 0.230 e.